The number of ether oxygens (including phenoxy) is 1. The molecule has 1 aliphatic carbocycles. The summed E-state index contributed by atoms with van der Waals surface area (Å²) < 4.78 is 4.72. The molecule has 0 unspecified atom stereocenters. The van der Waals surface area contributed by atoms with E-state index in [1.54, 1.807) is 13.0 Å². The summed E-state index contributed by atoms with van der Waals surface area (Å²) in [7, 11) is 0. The van der Waals surface area contributed by atoms with Crippen LogP contribution in [0.4, 0.5) is 0 Å². The van der Waals surface area contributed by atoms with Crippen molar-refractivity contribution in [1.82, 2.24) is 0 Å². The summed E-state index contributed by atoms with van der Waals surface area (Å²) in [5, 5.41) is 0. The van der Waals surface area contributed by atoms with Gasteiger partial charge in [-0.2, -0.15) is 0 Å². The van der Waals surface area contributed by atoms with Crippen LogP contribution in [0.1, 0.15) is 32.6 Å². The van der Waals surface area contributed by atoms with Gasteiger partial charge in [-0.15, -0.1) is 0 Å². The zero-order chi connectivity index (χ0) is 10.2. The molecule has 1 rings (SSSR count). The quantitative estimate of drug-likeness (QED) is 0.381. The Morgan fingerprint density at radius 3 is 2.86 bits per heavy atom. The van der Waals surface area contributed by atoms with Gasteiger partial charge in [0.2, 0.25) is 0 Å². The van der Waals surface area contributed by atoms with Gasteiger partial charge in [-0.25, -0.2) is 4.79 Å². The summed E-state index contributed by atoms with van der Waals surface area (Å²) in [6.07, 6.45) is 7.96. The molecule has 0 bridgehead atoms. The van der Waals surface area contributed by atoms with Crippen LogP contribution in [0.15, 0.2) is 12.2 Å². The molecule has 0 aromatic carbocycles. The van der Waals surface area contributed by atoms with E-state index in [1.165, 1.54) is 31.8 Å². The molecule has 0 aliphatic heterocycles. The van der Waals surface area contributed by atoms with Crippen molar-refractivity contribution in [2.45, 2.75) is 32.6 Å². The topological polar surface area (TPSA) is 26.3 Å². The highest BCUT2D eigenvalue weighted by atomic mass is 16.5. The van der Waals surface area contributed by atoms with Gasteiger partial charge < -0.3 is 4.74 Å². The van der Waals surface area contributed by atoms with Crippen LogP contribution in [0.25, 0.3) is 0 Å². The summed E-state index contributed by atoms with van der Waals surface area (Å²) in [4.78, 5) is 10.9. The second-order valence-corrected chi connectivity index (χ2v) is 3.36. The molecule has 2 heteroatoms. The molecular weight excluding hydrogens is 176 g/mol. The lowest BCUT2D eigenvalue weighted by molar-refractivity contribution is -0.137. The largest absolute Gasteiger partial charge is 0.463 e. The van der Waals surface area contributed by atoms with Gasteiger partial charge in [0.05, 0.1) is 6.61 Å². The highest BCUT2D eigenvalue weighted by Crippen LogP contribution is 2.23. The third-order valence-electron chi connectivity index (χ3n) is 2.23. The molecule has 0 atom stereocenters. The third-order valence-corrected chi connectivity index (χ3v) is 2.23. The van der Waals surface area contributed by atoms with Crippen LogP contribution in [-0.2, 0) is 9.53 Å². The molecule has 14 heavy (non-hydrogen) atoms. The van der Waals surface area contributed by atoms with Gasteiger partial charge in [0.15, 0.2) is 0 Å². The van der Waals surface area contributed by atoms with Crippen molar-refractivity contribution >= 4 is 5.97 Å². The van der Waals surface area contributed by atoms with Crippen LogP contribution in [-0.4, -0.2) is 12.6 Å². The first-order valence-electron chi connectivity index (χ1n) is 5.17. The number of esters is 1. The molecule has 0 N–H and O–H groups in total. The van der Waals surface area contributed by atoms with Gasteiger partial charge in [-0.05, 0) is 25.8 Å². The molecule has 0 aromatic rings. The monoisotopic (exact) mass is 192 g/mol. The Labute approximate surface area is 85.3 Å². The molecule has 2 nitrogen and oxygen atoms in total. The van der Waals surface area contributed by atoms with Crippen molar-refractivity contribution in [3.8, 4) is 11.8 Å². The highest BCUT2D eigenvalue weighted by Gasteiger charge is 2.10. The average molecular weight is 192 g/mol. The molecule has 0 spiro atoms. The Morgan fingerprint density at radius 2 is 2.21 bits per heavy atom. The lowest BCUT2D eigenvalue weighted by Crippen LogP contribution is -1.98. The van der Waals surface area contributed by atoms with E-state index in [9.17, 15) is 4.79 Å². The highest BCUT2D eigenvalue weighted by molar-refractivity contribution is 5.82. The summed E-state index contributed by atoms with van der Waals surface area (Å²) in [6, 6.07) is 0. The zero-order valence-electron chi connectivity index (χ0n) is 8.58. The number of allylic oxidation sites excluding steroid dienone is 1. The SMILES string of the molecule is CCOC(=O)C=CC#CC1CCCC1. The molecule has 0 radical (unpaired) electrons. The smallest absolute Gasteiger partial charge is 0.331 e. The Bertz CT molecular complexity index is 262. The number of hydrogen-bond donors (Lipinski definition) is 0. The van der Waals surface area contributed by atoms with Crippen molar-refractivity contribution in [3.05, 3.63) is 12.2 Å². The fourth-order valence-corrected chi connectivity index (χ4v) is 1.54. The second kappa shape index (κ2) is 6.26. The van der Waals surface area contributed by atoms with Crippen molar-refractivity contribution in [3.63, 3.8) is 0 Å². The maximum Gasteiger partial charge on any atom is 0.331 e. The van der Waals surface area contributed by atoms with Gasteiger partial charge in [-0.3, -0.25) is 0 Å². The Balaban J connectivity index is 2.26. The van der Waals surface area contributed by atoms with Crippen LogP contribution in [0.3, 0.4) is 0 Å². The maximum absolute atomic E-state index is 10.9. The first kappa shape index (κ1) is 10.8. The standard InChI is InChI=1S/C12H16O2/c1-2-14-12(13)10-6-5-9-11-7-3-4-8-11/h6,10-11H,2-4,7-8H2,1H3. The van der Waals surface area contributed by atoms with Crippen LogP contribution in [0.5, 0.6) is 0 Å². The first-order chi connectivity index (χ1) is 6.83. The van der Waals surface area contributed by atoms with Crippen molar-refractivity contribution < 1.29 is 9.53 Å². The van der Waals surface area contributed by atoms with Gasteiger partial charge in [-0.1, -0.05) is 24.7 Å². The molecule has 0 saturated heterocycles. The van der Waals surface area contributed by atoms with E-state index < -0.39 is 0 Å². The van der Waals surface area contributed by atoms with E-state index in [2.05, 4.69) is 11.8 Å². The fourth-order valence-electron chi connectivity index (χ4n) is 1.54. The van der Waals surface area contributed by atoms with E-state index in [0.29, 0.717) is 12.5 Å². The summed E-state index contributed by atoms with van der Waals surface area (Å²) in [5.74, 6) is 6.25. The minimum atomic E-state index is -0.312. The molecular formula is C12H16O2. The Kier molecular flexibility index (Phi) is 4.85. The second-order valence-electron chi connectivity index (χ2n) is 3.36. The normalized spacial score (nSPS) is 16.6. The number of carbonyl (C=O) groups excluding carboxylic acids is 1. The molecule has 1 aliphatic rings. The number of hydrogen-bond acceptors (Lipinski definition) is 2. The zero-order valence-corrected chi connectivity index (χ0v) is 8.58. The molecule has 1 fully saturated rings. The van der Waals surface area contributed by atoms with Crippen molar-refractivity contribution in [2.75, 3.05) is 6.61 Å². The predicted octanol–water partition coefficient (Wildman–Crippen LogP) is 2.30. The maximum atomic E-state index is 10.9. The van der Waals surface area contributed by atoms with E-state index in [0.717, 1.165) is 0 Å². The minimum absolute atomic E-state index is 0.312. The molecule has 1 saturated carbocycles. The molecule has 0 aromatic heterocycles. The van der Waals surface area contributed by atoms with E-state index in [1.807, 2.05) is 0 Å². The van der Waals surface area contributed by atoms with E-state index in [4.69, 9.17) is 4.74 Å². The van der Waals surface area contributed by atoms with Crippen LogP contribution >= 0.6 is 0 Å². The molecule has 0 amide bonds. The number of carbonyl (C=O) groups is 1. The predicted molar refractivity (Wildman–Crippen MR) is 55.5 cm³/mol. The Hall–Kier alpha value is -1.23. The van der Waals surface area contributed by atoms with Gasteiger partial charge in [0.1, 0.15) is 0 Å². The van der Waals surface area contributed by atoms with Crippen molar-refractivity contribution in [2.24, 2.45) is 5.92 Å². The van der Waals surface area contributed by atoms with Crippen molar-refractivity contribution in [1.29, 1.82) is 0 Å². The lowest BCUT2D eigenvalue weighted by Gasteiger charge is -1.94. The lowest BCUT2D eigenvalue weighted by atomic mass is 10.1. The number of rotatable bonds is 2. The Morgan fingerprint density at radius 1 is 1.50 bits per heavy atom. The van der Waals surface area contributed by atoms with Gasteiger partial charge in [0.25, 0.3) is 0 Å². The molecule has 76 valence electrons. The summed E-state index contributed by atoms with van der Waals surface area (Å²) >= 11 is 0. The van der Waals surface area contributed by atoms with Crippen LogP contribution < -0.4 is 0 Å². The van der Waals surface area contributed by atoms with E-state index in [-0.39, 0.29) is 5.97 Å². The minimum Gasteiger partial charge on any atom is -0.463 e. The summed E-state index contributed by atoms with van der Waals surface area (Å²) in [6.45, 7) is 2.20. The summed E-state index contributed by atoms with van der Waals surface area (Å²) in [5.41, 5.74) is 0. The third kappa shape index (κ3) is 4.13. The molecule has 0 heterocycles. The fraction of sp³-hybridized carbons (Fsp3) is 0.583. The van der Waals surface area contributed by atoms with Crippen LogP contribution in [0, 0.1) is 17.8 Å². The van der Waals surface area contributed by atoms with Gasteiger partial charge in [0, 0.05) is 12.0 Å². The van der Waals surface area contributed by atoms with E-state index >= 15 is 0 Å². The first-order valence-corrected chi connectivity index (χ1v) is 5.17. The average Bonchev–Trinajstić information content (AvgIpc) is 2.65. The van der Waals surface area contributed by atoms with Gasteiger partial charge >= 0.3 is 5.97 Å². The van der Waals surface area contributed by atoms with Crippen LogP contribution in [0.2, 0.25) is 0 Å².